The van der Waals surface area contributed by atoms with Crippen LogP contribution in [-0.2, 0) is 16.0 Å². The SMILES string of the molecule is N=C(OC(=N)C(F)F)c1ccc(Cn2c(=O)n(C3CCN(C4COC4)CC3)c3cc(Cl)ccc32)c(F)c1. The molecule has 196 valence electrons. The van der Waals surface area contributed by atoms with Gasteiger partial charge in [-0.2, -0.15) is 8.78 Å². The number of halogens is 4. The van der Waals surface area contributed by atoms with Gasteiger partial charge in [0, 0.05) is 35.3 Å². The molecule has 8 nitrogen and oxygen atoms in total. The van der Waals surface area contributed by atoms with E-state index >= 15 is 0 Å². The van der Waals surface area contributed by atoms with Crippen molar-refractivity contribution in [1.82, 2.24) is 14.0 Å². The minimum atomic E-state index is -3.18. The van der Waals surface area contributed by atoms with Crippen LogP contribution < -0.4 is 5.69 Å². The van der Waals surface area contributed by atoms with E-state index in [1.165, 1.54) is 16.7 Å². The Balaban J connectivity index is 1.42. The first-order valence-corrected chi connectivity index (χ1v) is 12.2. The molecule has 3 heterocycles. The second-order valence-electron chi connectivity index (χ2n) is 9.23. The van der Waals surface area contributed by atoms with E-state index in [0.717, 1.165) is 45.2 Å². The average Bonchev–Trinajstić information content (AvgIpc) is 3.09. The molecule has 37 heavy (non-hydrogen) atoms. The summed E-state index contributed by atoms with van der Waals surface area (Å²) < 4.78 is 53.0. The number of fused-ring (bicyclic) bond motifs is 1. The Labute approximate surface area is 215 Å². The minimum absolute atomic E-state index is 0.0260. The zero-order valence-electron chi connectivity index (χ0n) is 19.7. The summed E-state index contributed by atoms with van der Waals surface area (Å²) in [6.45, 7) is 3.11. The zero-order valence-corrected chi connectivity index (χ0v) is 20.5. The number of imidazole rings is 1. The van der Waals surface area contributed by atoms with Crippen LogP contribution in [0, 0.1) is 16.6 Å². The number of ether oxygens (including phenoxy) is 2. The molecule has 2 aromatic carbocycles. The van der Waals surface area contributed by atoms with E-state index in [1.54, 1.807) is 22.8 Å². The number of rotatable bonds is 6. The summed E-state index contributed by atoms with van der Waals surface area (Å²) in [6, 6.07) is 9.25. The van der Waals surface area contributed by atoms with Crippen LogP contribution in [0.3, 0.4) is 0 Å². The van der Waals surface area contributed by atoms with Gasteiger partial charge in [0.25, 0.3) is 5.90 Å². The van der Waals surface area contributed by atoms with Gasteiger partial charge >= 0.3 is 12.1 Å². The molecule has 0 saturated carbocycles. The quantitative estimate of drug-likeness (QED) is 0.364. The van der Waals surface area contributed by atoms with Gasteiger partial charge in [0.1, 0.15) is 5.82 Å². The number of likely N-dealkylation sites (tertiary alicyclic amines) is 1. The predicted molar refractivity (Wildman–Crippen MR) is 133 cm³/mol. The molecular formula is C25H25ClF3N5O3. The van der Waals surface area contributed by atoms with E-state index in [2.05, 4.69) is 9.64 Å². The van der Waals surface area contributed by atoms with Gasteiger partial charge in [0.05, 0.1) is 36.8 Å². The van der Waals surface area contributed by atoms with E-state index in [9.17, 15) is 18.0 Å². The number of alkyl halides is 2. The lowest BCUT2D eigenvalue weighted by Gasteiger charge is -2.41. The van der Waals surface area contributed by atoms with Gasteiger partial charge in [-0.15, -0.1) is 0 Å². The van der Waals surface area contributed by atoms with E-state index in [1.807, 2.05) is 0 Å². The molecule has 2 saturated heterocycles. The molecule has 2 aliphatic heterocycles. The molecule has 0 unspecified atom stereocenters. The highest BCUT2D eigenvalue weighted by atomic mass is 35.5. The van der Waals surface area contributed by atoms with Crippen molar-refractivity contribution in [2.45, 2.75) is 37.9 Å². The number of benzene rings is 2. The third-order valence-electron chi connectivity index (χ3n) is 6.98. The smallest absolute Gasteiger partial charge is 0.329 e. The lowest BCUT2D eigenvalue weighted by atomic mass is 10.0. The van der Waals surface area contributed by atoms with Crippen LogP contribution in [0.2, 0.25) is 5.02 Å². The normalized spacial score (nSPS) is 17.3. The second-order valence-corrected chi connectivity index (χ2v) is 9.67. The number of piperidine rings is 1. The first kappa shape index (κ1) is 25.5. The molecule has 3 aromatic rings. The highest BCUT2D eigenvalue weighted by molar-refractivity contribution is 6.31. The summed E-state index contributed by atoms with van der Waals surface area (Å²) in [6.07, 6.45) is -1.59. The molecule has 1 aromatic heterocycles. The minimum Gasteiger partial charge on any atom is -0.419 e. The van der Waals surface area contributed by atoms with Gasteiger partial charge in [-0.05, 0) is 43.2 Å². The molecule has 0 amide bonds. The van der Waals surface area contributed by atoms with Crippen molar-refractivity contribution >= 4 is 34.4 Å². The van der Waals surface area contributed by atoms with Crippen molar-refractivity contribution in [1.29, 1.82) is 10.8 Å². The Kier molecular flexibility index (Phi) is 7.11. The summed E-state index contributed by atoms with van der Waals surface area (Å²) in [4.78, 5) is 16.0. The number of nitrogens with zero attached hydrogens (tertiary/aromatic N) is 3. The Morgan fingerprint density at radius 3 is 2.43 bits per heavy atom. The Morgan fingerprint density at radius 1 is 1.08 bits per heavy atom. The fourth-order valence-corrected chi connectivity index (χ4v) is 5.07. The van der Waals surface area contributed by atoms with Crippen LogP contribution in [0.5, 0.6) is 0 Å². The first-order chi connectivity index (χ1) is 17.7. The van der Waals surface area contributed by atoms with E-state index in [0.29, 0.717) is 22.1 Å². The molecule has 0 bridgehead atoms. The topological polar surface area (TPSA) is 96.3 Å². The lowest BCUT2D eigenvalue weighted by molar-refractivity contribution is -0.0731. The van der Waals surface area contributed by atoms with Gasteiger partial charge in [-0.25, -0.2) is 9.18 Å². The molecule has 5 rings (SSSR count). The standard InChI is InChI=1S/C25H25ClF3N5O3/c26-16-3-4-20-21(10-16)34(17-5-7-32(8-6-17)18-12-36-13-18)25(35)33(20)11-15-2-1-14(9-19(15)27)23(30)37-24(31)22(28)29/h1-4,9-10,17-18,22,30-31H,5-8,11-13H2. The zero-order chi connectivity index (χ0) is 26.3. The molecule has 2 aliphatic rings. The Bertz CT molecular complexity index is 1410. The maximum Gasteiger partial charge on any atom is 0.329 e. The number of aromatic nitrogens is 2. The van der Waals surface area contributed by atoms with Crippen molar-refractivity contribution < 1.29 is 22.6 Å². The van der Waals surface area contributed by atoms with E-state index in [-0.39, 0.29) is 29.4 Å². The van der Waals surface area contributed by atoms with Gasteiger partial charge in [0.2, 0.25) is 5.90 Å². The molecule has 0 atom stereocenters. The van der Waals surface area contributed by atoms with Crippen LogP contribution >= 0.6 is 11.6 Å². The van der Waals surface area contributed by atoms with Gasteiger partial charge in [-0.1, -0.05) is 17.7 Å². The molecule has 2 N–H and O–H groups in total. The molecule has 12 heteroatoms. The molecule has 0 spiro atoms. The molecule has 0 aliphatic carbocycles. The third kappa shape index (κ3) is 5.03. The Hall–Kier alpha value is -3.15. The second kappa shape index (κ2) is 10.3. The number of hydrogen-bond donors (Lipinski definition) is 2. The molecular weight excluding hydrogens is 511 g/mol. The van der Waals surface area contributed by atoms with Crippen LogP contribution in [-0.4, -0.2) is 64.6 Å². The summed E-state index contributed by atoms with van der Waals surface area (Å²) >= 11 is 6.27. The predicted octanol–water partition coefficient (Wildman–Crippen LogP) is 4.26. The van der Waals surface area contributed by atoms with Crippen LogP contribution in [0.1, 0.15) is 30.0 Å². The van der Waals surface area contributed by atoms with Crippen LogP contribution in [0.25, 0.3) is 11.0 Å². The van der Waals surface area contributed by atoms with Crippen molar-refractivity contribution in [3.05, 3.63) is 68.8 Å². The fourth-order valence-electron chi connectivity index (χ4n) is 4.90. The van der Waals surface area contributed by atoms with Gasteiger partial charge < -0.3 is 9.47 Å². The summed E-state index contributed by atoms with van der Waals surface area (Å²) in [5.41, 5.74) is 1.11. The van der Waals surface area contributed by atoms with Gasteiger partial charge in [0.15, 0.2) is 0 Å². The maximum atomic E-state index is 15.0. The van der Waals surface area contributed by atoms with Crippen molar-refractivity contribution in [2.75, 3.05) is 26.3 Å². The largest absolute Gasteiger partial charge is 0.419 e. The monoisotopic (exact) mass is 535 g/mol. The van der Waals surface area contributed by atoms with Crippen molar-refractivity contribution in [2.24, 2.45) is 0 Å². The van der Waals surface area contributed by atoms with Crippen LogP contribution in [0.15, 0.2) is 41.2 Å². The van der Waals surface area contributed by atoms with Crippen LogP contribution in [0.4, 0.5) is 13.2 Å². The number of hydrogen-bond acceptors (Lipinski definition) is 6. The summed E-state index contributed by atoms with van der Waals surface area (Å²) in [7, 11) is 0. The summed E-state index contributed by atoms with van der Waals surface area (Å²) in [5, 5.41) is 15.3. The van der Waals surface area contributed by atoms with Gasteiger partial charge in [-0.3, -0.25) is 24.9 Å². The first-order valence-electron chi connectivity index (χ1n) is 11.9. The van der Waals surface area contributed by atoms with E-state index < -0.39 is 24.0 Å². The Morgan fingerprint density at radius 2 is 1.81 bits per heavy atom. The maximum absolute atomic E-state index is 15.0. The van der Waals surface area contributed by atoms with E-state index in [4.69, 9.17) is 27.2 Å². The fraction of sp³-hybridized carbons (Fsp3) is 0.400. The molecule has 2 fully saturated rings. The highest BCUT2D eigenvalue weighted by Gasteiger charge is 2.32. The van der Waals surface area contributed by atoms with Crippen molar-refractivity contribution in [3.8, 4) is 0 Å². The molecule has 0 radical (unpaired) electrons. The third-order valence-corrected chi connectivity index (χ3v) is 7.21. The summed E-state index contributed by atoms with van der Waals surface area (Å²) in [5.74, 6) is -2.88. The highest BCUT2D eigenvalue weighted by Crippen LogP contribution is 2.29. The lowest BCUT2D eigenvalue weighted by Crippen LogP contribution is -2.52. The number of nitrogens with one attached hydrogen (secondary N) is 2. The average molecular weight is 536 g/mol. The van der Waals surface area contributed by atoms with Crippen molar-refractivity contribution in [3.63, 3.8) is 0 Å².